The molecule has 1 aromatic rings. The van der Waals surface area contributed by atoms with Gasteiger partial charge in [0.25, 0.3) is 0 Å². The lowest BCUT2D eigenvalue weighted by Crippen LogP contribution is -1.94. The Morgan fingerprint density at radius 3 is 2.20 bits per heavy atom. The van der Waals surface area contributed by atoms with Crippen LogP contribution < -0.4 is 0 Å². The second kappa shape index (κ2) is 6.66. The highest BCUT2D eigenvalue weighted by Gasteiger charge is 2.00. The first kappa shape index (κ1) is 12.3. The molecule has 0 aliphatic heterocycles. The predicted octanol–water partition coefficient (Wildman–Crippen LogP) is 4.54. The van der Waals surface area contributed by atoms with Crippen LogP contribution in [0.3, 0.4) is 0 Å². The first-order valence-electron chi connectivity index (χ1n) is 6.42. The van der Waals surface area contributed by atoms with E-state index in [1.165, 1.54) is 49.7 Å². The van der Waals surface area contributed by atoms with Gasteiger partial charge >= 0.3 is 0 Å². The molecule has 0 atom stereocenters. The molecular formula is C15H24. The van der Waals surface area contributed by atoms with E-state index in [9.17, 15) is 0 Å². The third-order valence-corrected chi connectivity index (χ3v) is 3.10. The molecule has 0 heterocycles. The maximum Gasteiger partial charge on any atom is -0.0279 e. The zero-order valence-electron chi connectivity index (χ0n) is 10.5. The van der Waals surface area contributed by atoms with Crippen molar-refractivity contribution in [2.45, 2.75) is 59.3 Å². The third kappa shape index (κ3) is 3.70. The number of rotatable bonds is 6. The van der Waals surface area contributed by atoms with Crippen LogP contribution in [-0.4, -0.2) is 0 Å². The smallest absolute Gasteiger partial charge is 0.0279 e. The predicted molar refractivity (Wildman–Crippen MR) is 68.4 cm³/mol. The van der Waals surface area contributed by atoms with Crippen molar-refractivity contribution in [1.29, 1.82) is 0 Å². The summed E-state index contributed by atoms with van der Waals surface area (Å²) in [5.41, 5.74) is 4.60. The van der Waals surface area contributed by atoms with E-state index in [-0.39, 0.29) is 0 Å². The number of hydrogen-bond acceptors (Lipinski definition) is 0. The molecule has 1 rings (SSSR count). The molecule has 0 aliphatic rings. The van der Waals surface area contributed by atoms with Gasteiger partial charge in [0, 0.05) is 0 Å². The van der Waals surface area contributed by atoms with Crippen LogP contribution in [0.4, 0.5) is 0 Å². The molecule has 0 N–H and O–H groups in total. The van der Waals surface area contributed by atoms with Crippen LogP contribution in [0.15, 0.2) is 18.2 Å². The number of benzene rings is 1. The van der Waals surface area contributed by atoms with Crippen LogP contribution >= 0.6 is 0 Å². The van der Waals surface area contributed by atoms with E-state index >= 15 is 0 Å². The van der Waals surface area contributed by atoms with Crippen molar-refractivity contribution in [1.82, 2.24) is 0 Å². The second-order valence-corrected chi connectivity index (χ2v) is 4.27. The molecule has 1 aromatic carbocycles. The van der Waals surface area contributed by atoms with Gasteiger partial charge in [0.15, 0.2) is 0 Å². The van der Waals surface area contributed by atoms with Gasteiger partial charge in [-0.2, -0.15) is 0 Å². The molecule has 0 spiro atoms. The van der Waals surface area contributed by atoms with Gasteiger partial charge in [0.05, 0.1) is 0 Å². The molecule has 0 radical (unpaired) electrons. The number of aryl methyl sites for hydroxylation is 3. The summed E-state index contributed by atoms with van der Waals surface area (Å²) in [6.45, 7) is 6.76. The average molecular weight is 204 g/mol. The molecule has 15 heavy (non-hydrogen) atoms. The van der Waals surface area contributed by atoms with Gasteiger partial charge in [-0.15, -0.1) is 0 Å². The molecule has 0 saturated heterocycles. The van der Waals surface area contributed by atoms with Gasteiger partial charge in [-0.1, -0.05) is 51.8 Å². The molecule has 0 saturated carbocycles. The quantitative estimate of drug-likeness (QED) is 0.597. The van der Waals surface area contributed by atoms with Crippen LogP contribution in [0.1, 0.15) is 56.7 Å². The molecule has 0 aromatic heterocycles. The largest absolute Gasteiger partial charge is 0.0654 e. The van der Waals surface area contributed by atoms with Crippen molar-refractivity contribution in [2.75, 3.05) is 0 Å². The minimum Gasteiger partial charge on any atom is -0.0654 e. The van der Waals surface area contributed by atoms with E-state index in [1.807, 2.05) is 0 Å². The van der Waals surface area contributed by atoms with Crippen LogP contribution in [0.2, 0.25) is 0 Å². The Labute approximate surface area is 94.7 Å². The summed E-state index contributed by atoms with van der Waals surface area (Å²) in [6.07, 6.45) is 7.60. The fraction of sp³-hybridized carbons (Fsp3) is 0.600. The van der Waals surface area contributed by atoms with Gasteiger partial charge in [-0.05, 0) is 42.4 Å². The highest BCUT2D eigenvalue weighted by atomic mass is 14.1. The zero-order valence-corrected chi connectivity index (χ0v) is 10.5. The molecule has 0 bridgehead atoms. The van der Waals surface area contributed by atoms with Crippen LogP contribution in [-0.2, 0) is 19.3 Å². The Morgan fingerprint density at radius 1 is 0.867 bits per heavy atom. The van der Waals surface area contributed by atoms with E-state index in [4.69, 9.17) is 0 Å². The van der Waals surface area contributed by atoms with Crippen LogP contribution in [0.5, 0.6) is 0 Å². The first-order valence-corrected chi connectivity index (χ1v) is 6.42. The summed E-state index contributed by atoms with van der Waals surface area (Å²) in [6, 6.07) is 7.04. The normalized spacial score (nSPS) is 10.6. The standard InChI is InChI=1S/C15H24/c1-4-7-8-9-13-10-11-14(5-2)15(6-3)12-13/h10-12H,4-9H2,1-3H3. The average Bonchev–Trinajstić information content (AvgIpc) is 2.29. The second-order valence-electron chi connectivity index (χ2n) is 4.27. The lowest BCUT2D eigenvalue weighted by Gasteiger charge is -2.08. The van der Waals surface area contributed by atoms with Crippen molar-refractivity contribution < 1.29 is 0 Å². The minimum absolute atomic E-state index is 1.17. The molecular weight excluding hydrogens is 180 g/mol. The lowest BCUT2D eigenvalue weighted by atomic mass is 9.97. The maximum atomic E-state index is 2.41. The Morgan fingerprint density at radius 2 is 1.60 bits per heavy atom. The molecule has 0 fully saturated rings. The van der Waals surface area contributed by atoms with E-state index in [1.54, 1.807) is 5.56 Å². The number of hydrogen-bond donors (Lipinski definition) is 0. The molecule has 0 aliphatic carbocycles. The fourth-order valence-corrected chi connectivity index (χ4v) is 2.09. The van der Waals surface area contributed by atoms with Crippen molar-refractivity contribution in [2.24, 2.45) is 0 Å². The fourth-order valence-electron chi connectivity index (χ4n) is 2.09. The zero-order chi connectivity index (χ0) is 11.1. The summed E-state index contributed by atoms with van der Waals surface area (Å²) >= 11 is 0. The molecule has 0 unspecified atom stereocenters. The van der Waals surface area contributed by atoms with Crippen LogP contribution in [0, 0.1) is 0 Å². The summed E-state index contributed by atoms with van der Waals surface area (Å²) in [4.78, 5) is 0. The Hall–Kier alpha value is -0.780. The Bertz CT molecular complexity index is 286. The maximum absolute atomic E-state index is 2.41. The van der Waals surface area contributed by atoms with Gasteiger partial charge in [-0.25, -0.2) is 0 Å². The van der Waals surface area contributed by atoms with E-state index in [0.717, 1.165) is 0 Å². The highest BCUT2D eigenvalue weighted by Crippen LogP contribution is 2.15. The third-order valence-electron chi connectivity index (χ3n) is 3.10. The van der Waals surface area contributed by atoms with Gasteiger partial charge in [0.2, 0.25) is 0 Å². The van der Waals surface area contributed by atoms with Crippen molar-refractivity contribution in [3.63, 3.8) is 0 Å². The van der Waals surface area contributed by atoms with Gasteiger partial charge < -0.3 is 0 Å². The molecule has 0 nitrogen and oxygen atoms in total. The van der Waals surface area contributed by atoms with Gasteiger partial charge in [0.1, 0.15) is 0 Å². The SMILES string of the molecule is CCCCCc1ccc(CC)c(CC)c1. The minimum atomic E-state index is 1.17. The summed E-state index contributed by atoms with van der Waals surface area (Å²) in [7, 11) is 0. The van der Waals surface area contributed by atoms with Crippen LogP contribution in [0.25, 0.3) is 0 Å². The van der Waals surface area contributed by atoms with Crippen molar-refractivity contribution in [3.05, 3.63) is 34.9 Å². The van der Waals surface area contributed by atoms with Gasteiger partial charge in [-0.3, -0.25) is 0 Å². The number of unbranched alkanes of at least 4 members (excludes halogenated alkanes) is 2. The molecule has 0 amide bonds. The van der Waals surface area contributed by atoms with E-state index in [0.29, 0.717) is 0 Å². The lowest BCUT2D eigenvalue weighted by molar-refractivity contribution is 0.716. The van der Waals surface area contributed by atoms with Crippen molar-refractivity contribution >= 4 is 0 Å². The Balaban J connectivity index is 2.66. The van der Waals surface area contributed by atoms with E-state index in [2.05, 4.69) is 39.0 Å². The van der Waals surface area contributed by atoms with E-state index < -0.39 is 0 Å². The first-order chi connectivity index (χ1) is 7.31. The molecule has 0 heteroatoms. The Kier molecular flexibility index (Phi) is 5.45. The summed E-state index contributed by atoms with van der Waals surface area (Å²) < 4.78 is 0. The molecule has 84 valence electrons. The summed E-state index contributed by atoms with van der Waals surface area (Å²) in [5.74, 6) is 0. The topological polar surface area (TPSA) is 0 Å². The highest BCUT2D eigenvalue weighted by molar-refractivity contribution is 5.32. The monoisotopic (exact) mass is 204 g/mol. The van der Waals surface area contributed by atoms with Crippen molar-refractivity contribution in [3.8, 4) is 0 Å². The summed E-state index contributed by atoms with van der Waals surface area (Å²) in [5, 5.41) is 0.